The summed E-state index contributed by atoms with van der Waals surface area (Å²) in [6.07, 6.45) is -68.1. The van der Waals surface area contributed by atoms with Gasteiger partial charge in [-0.2, -0.15) is 105 Å². The van der Waals surface area contributed by atoms with Crippen LogP contribution in [0.15, 0.2) is 0 Å². The minimum atomic E-state index is -8.59. The number of hydrogen-bond donors (Lipinski definition) is 2. The molecular formula is C44H2F40N8. The van der Waals surface area contributed by atoms with Crippen LogP contribution in [0.2, 0.25) is 0 Å². The van der Waals surface area contributed by atoms with Gasteiger partial charge in [0.1, 0.15) is 45.9 Å². The van der Waals surface area contributed by atoms with Crippen LogP contribution in [0.3, 0.4) is 0 Å². The van der Waals surface area contributed by atoms with Gasteiger partial charge in [-0.15, -0.1) is 0 Å². The summed E-state index contributed by atoms with van der Waals surface area (Å²) in [6, 6.07) is 0. The Labute approximate surface area is 469 Å². The number of fused-ring (bicyclic) bond motifs is 20. The molecule has 48 heteroatoms. The molecule has 2 N–H and O–H groups in total. The maximum absolute atomic E-state index is 17.3. The van der Waals surface area contributed by atoms with E-state index in [0.29, 0.717) is 4.98 Å². The maximum Gasteiger partial charge on any atom is 0.436 e. The highest BCUT2D eigenvalue weighted by Gasteiger charge is 2.83. The topological polar surface area (TPSA) is 109 Å². The monoisotopic (exact) mass is 1400 g/mol. The molecule has 4 aromatic carbocycles. The number of H-pyrrole nitrogens is 2. The average Bonchev–Trinajstić information content (AvgIpc) is 1.08. The first-order valence-corrected chi connectivity index (χ1v) is 22.2. The van der Waals surface area contributed by atoms with E-state index in [2.05, 4.69) is 29.9 Å². The van der Waals surface area contributed by atoms with Crippen molar-refractivity contribution in [2.45, 2.75) is 72.1 Å². The molecular weight excluding hydrogens is 1400 g/mol. The second-order valence-electron chi connectivity index (χ2n) is 18.5. The van der Waals surface area contributed by atoms with Crippen LogP contribution in [-0.4, -0.2) is 89.3 Å². The van der Waals surface area contributed by atoms with Crippen molar-refractivity contribution >= 4 is 44.1 Å². The molecule has 0 unspecified atom stereocenters. The maximum atomic E-state index is 17.3. The van der Waals surface area contributed by atoms with Gasteiger partial charge in [-0.25, -0.2) is 100 Å². The van der Waals surface area contributed by atoms with Gasteiger partial charge in [-0.05, 0) is 0 Å². The highest BCUT2D eigenvalue weighted by Crippen LogP contribution is 2.66. The fourth-order valence-electron chi connectivity index (χ4n) is 9.42. The first kappa shape index (κ1) is 67.8. The molecule has 0 fully saturated rings. The molecule has 92 heavy (non-hydrogen) atoms. The fraction of sp³-hybridized carbons (Fsp3) is 0.273. The van der Waals surface area contributed by atoms with Crippen LogP contribution < -0.4 is 0 Å². The third kappa shape index (κ3) is 8.61. The molecule has 9 rings (SSSR count). The summed E-state index contributed by atoms with van der Waals surface area (Å²) in [5, 5.41) is -11.8. The van der Waals surface area contributed by atoms with Crippen LogP contribution in [0, 0.1) is 69.8 Å². The molecule has 2 aliphatic heterocycles. The van der Waals surface area contributed by atoms with E-state index in [9.17, 15) is 114 Å². The van der Waals surface area contributed by atoms with Gasteiger partial charge < -0.3 is 9.97 Å². The predicted octanol–water partition coefficient (Wildman–Crippen LogP) is 17.7. The van der Waals surface area contributed by atoms with E-state index in [4.69, 9.17) is 0 Å². The number of hydrogen-bond acceptors (Lipinski definition) is 6. The minimum Gasteiger partial charge on any atom is -0.324 e. The third-order valence-corrected chi connectivity index (χ3v) is 13.4. The van der Waals surface area contributed by atoms with Crippen LogP contribution in [0.25, 0.3) is 89.7 Å². The molecule has 8 bridgehead atoms. The Hall–Kier alpha value is -8.56. The molecule has 8 nitrogen and oxygen atoms in total. The first-order chi connectivity index (χ1) is 41.3. The molecule has 0 atom stereocenters. The molecule has 5 heterocycles. The Morgan fingerprint density at radius 3 is 0.543 bits per heavy atom. The largest absolute Gasteiger partial charge is 0.436 e. The van der Waals surface area contributed by atoms with Gasteiger partial charge in [-0.1, -0.05) is 0 Å². The molecule has 0 spiro atoms. The second-order valence-corrected chi connectivity index (χ2v) is 18.5. The van der Waals surface area contributed by atoms with Crippen LogP contribution in [-0.2, 0) is 22.7 Å². The van der Waals surface area contributed by atoms with Crippen molar-refractivity contribution < 1.29 is 176 Å². The molecule has 0 saturated carbocycles. The number of aromatic amines is 2. The first-order valence-electron chi connectivity index (χ1n) is 22.2. The Morgan fingerprint density at radius 1 is 0.185 bits per heavy atom. The molecule has 2 aliphatic rings. The third-order valence-electron chi connectivity index (χ3n) is 13.4. The molecule has 0 radical (unpaired) electrons. The van der Waals surface area contributed by atoms with Gasteiger partial charge in [0.2, 0.25) is 0 Å². The lowest BCUT2D eigenvalue weighted by atomic mass is 9.78. The zero-order chi connectivity index (χ0) is 70.1. The van der Waals surface area contributed by atoms with Crippen molar-refractivity contribution in [3.63, 3.8) is 0 Å². The standard InChI is InChI=1S/C44H2F40N8/c45-13-1-3(15(47)11(35(59,41(73,74)75)42(76,77)78)9(13)33(57,37(61,62)63)38(64,65)66)27-86-25(1)85-26-2-4(16(48)12(36(60,43(79,80)81)44(82,83)84)10(14(2)46)34(58,39(67,68)69)40(70,71)72)28(87-26)89-30-6-8(20(52)24(56)22(54)18(6)50)32(91-30)92-31-7-5(29(88-27)90-31)17(49)21(53)23(55)19(7)51/h(H2,85,86,87,88,89,90,91,92). The quantitative estimate of drug-likeness (QED) is 0.103. The highest BCUT2D eigenvalue weighted by molar-refractivity contribution is 6.08. The minimum absolute atomic E-state index is 0.705. The fourth-order valence-corrected chi connectivity index (χ4v) is 9.42. The van der Waals surface area contributed by atoms with Gasteiger partial charge in [0.05, 0.1) is 66.1 Å². The van der Waals surface area contributed by atoms with Crippen molar-refractivity contribution in [1.82, 2.24) is 39.9 Å². The average molecular weight is 1400 g/mol. The van der Waals surface area contributed by atoms with E-state index in [1.807, 2.05) is 0 Å². The van der Waals surface area contributed by atoms with Crippen molar-refractivity contribution in [3.05, 3.63) is 92.1 Å². The van der Waals surface area contributed by atoms with Crippen molar-refractivity contribution in [2.75, 3.05) is 0 Å². The zero-order valence-electron chi connectivity index (χ0n) is 40.8. The van der Waals surface area contributed by atoms with Crippen LogP contribution in [0.5, 0.6) is 0 Å². The van der Waals surface area contributed by atoms with Crippen molar-refractivity contribution in [2.24, 2.45) is 0 Å². The highest BCUT2D eigenvalue weighted by atomic mass is 19.5. The van der Waals surface area contributed by atoms with E-state index in [-0.39, 0.29) is 0 Å². The molecule has 0 saturated heterocycles. The SMILES string of the molecule is Fc1c(F)c(F)c2c(c1F)-c1nc-2nc2[nH]c(nc3nc(nc4[nH]c(n1)c1c(F)c(F)c(F)c(F)c41)-c1c(F)c(C(F)(C(F)(F)F)C(F)(F)F)c(C(F)(C(F)(F)F)C(F)(F)F)c(F)c1-3)c1c(F)c(C(F)(C(F)(F)F)C(F)(F)F)c(C(F)(C(F)(F)F)C(F)(F)F)c(F)c21. The zero-order valence-corrected chi connectivity index (χ0v) is 40.8. The summed E-state index contributed by atoms with van der Waals surface area (Å²) in [5.41, 5.74) is -78.5. The van der Waals surface area contributed by atoms with E-state index < -0.39 is 254 Å². The Balaban J connectivity index is 1.75. The lowest BCUT2D eigenvalue weighted by Gasteiger charge is -2.37. The van der Waals surface area contributed by atoms with Crippen LogP contribution in [0.4, 0.5) is 176 Å². The summed E-state index contributed by atoms with van der Waals surface area (Å²) < 4.78 is 607. The van der Waals surface area contributed by atoms with Gasteiger partial charge in [0.15, 0.2) is 69.8 Å². The van der Waals surface area contributed by atoms with Gasteiger partial charge in [-0.3, -0.25) is 0 Å². The summed E-state index contributed by atoms with van der Waals surface area (Å²) in [6.45, 7) is 0. The smallest absolute Gasteiger partial charge is 0.324 e. The van der Waals surface area contributed by atoms with E-state index in [1.54, 1.807) is 0 Å². The summed E-state index contributed by atoms with van der Waals surface area (Å²) in [4.78, 5) is 18.4. The molecule has 0 amide bonds. The Kier molecular flexibility index (Phi) is 14.4. The predicted molar refractivity (Wildman–Crippen MR) is 215 cm³/mol. The van der Waals surface area contributed by atoms with E-state index in [1.165, 1.54) is 4.98 Å². The Bertz CT molecular complexity index is 4490. The van der Waals surface area contributed by atoms with E-state index >= 15 is 61.5 Å². The number of aromatic nitrogens is 8. The molecule has 7 aromatic rings. The lowest BCUT2D eigenvalue weighted by Crippen LogP contribution is -2.56. The van der Waals surface area contributed by atoms with Crippen molar-refractivity contribution in [3.8, 4) is 45.6 Å². The number of nitrogens with one attached hydrogen (secondary N) is 2. The van der Waals surface area contributed by atoms with Gasteiger partial charge in [0.25, 0.3) is 0 Å². The van der Waals surface area contributed by atoms with E-state index in [0.717, 1.165) is 0 Å². The number of halogens is 40. The molecule has 3 aromatic heterocycles. The summed E-state index contributed by atoms with van der Waals surface area (Å²) in [7, 11) is 0. The summed E-state index contributed by atoms with van der Waals surface area (Å²) >= 11 is 0. The van der Waals surface area contributed by atoms with Gasteiger partial charge in [0, 0.05) is 0 Å². The molecule has 498 valence electrons. The lowest BCUT2D eigenvalue weighted by molar-refractivity contribution is -0.361. The Morgan fingerprint density at radius 2 is 0.348 bits per heavy atom. The number of rotatable bonds is 4. The van der Waals surface area contributed by atoms with Gasteiger partial charge >= 0.3 is 72.1 Å². The number of alkyl halides is 28. The second kappa shape index (κ2) is 19.5. The number of nitrogens with zero attached hydrogens (tertiary/aromatic N) is 6. The molecule has 0 aliphatic carbocycles. The number of benzene rings is 4. The van der Waals surface area contributed by atoms with Crippen molar-refractivity contribution in [1.29, 1.82) is 0 Å². The summed E-state index contributed by atoms with van der Waals surface area (Å²) in [5.74, 6) is -55.4. The normalized spacial score (nSPS) is 14.5. The van der Waals surface area contributed by atoms with Crippen LogP contribution >= 0.6 is 0 Å². The van der Waals surface area contributed by atoms with Crippen LogP contribution in [0.1, 0.15) is 22.3 Å².